The molecule has 1 aromatic carbocycles. The molecule has 2 bridgehead atoms. The maximum atomic E-state index is 12.6. The third-order valence-electron chi connectivity index (χ3n) is 5.76. The number of carbonyl (C=O) groups is 3. The van der Waals surface area contributed by atoms with Crippen LogP contribution in [0, 0.1) is 17.3 Å². The van der Waals surface area contributed by atoms with E-state index in [4.69, 9.17) is 4.74 Å². The second-order valence-corrected chi connectivity index (χ2v) is 8.06. The Morgan fingerprint density at radius 3 is 2.15 bits per heavy atom. The average molecular weight is 370 g/mol. The Morgan fingerprint density at radius 2 is 1.67 bits per heavy atom. The number of benzene rings is 1. The van der Waals surface area contributed by atoms with Crippen molar-refractivity contribution in [2.45, 2.75) is 40.5 Å². The molecule has 6 heteroatoms. The van der Waals surface area contributed by atoms with E-state index in [0.717, 1.165) is 12.3 Å². The molecule has 1 saturated carbocycles. The van der Waals surface area contributed by atoms with Crippen molar-refractivity contribution in [3.05, 3.63) is 35.4 Å². The molecule has 2 atom stereocenters. The molecule has 27 heavy (non-hydrogen) atoms. The van der Waals surface area contributed by atoms with E-state index in [9.17, 15) is 14.4 Å². The molecular weight excluding hydrogens is 344 g/mol. The minimum Gasteiger partial charge on any atom is -0.458 e. The van der Waals surface area contributed by atoms with Gasteiger partial charge in [-0.1, -0.05) is 19.9 Å². The number of anilines is 2. The first kappa shape index (κ1) is 19.1. The maximum Gasteiger partial charge on any atom is 0.338 e. The van der Waals surface area contributed by atoms with Crippen molar-refractivity contribution >= 4 is 29.2 Å². The van der Waals surface area contributed by atoms with Crippen LogP contribution in [0.25, 0.3) is 0 Å². The van der Waals surface area contributed by atoms with Crippen LogP contribution in [0.4, 0.5) is 11.4 Å². The third-order valence-corrected chi connectivity index (χ3v) is 5.76. The lowest BCUT2D eigenvalue weighted by atomic mass is 9.49. The standard InChI is InChI=1S/C21H26N2O4/c1-12(24)22-17-7-15(8-18(10-17)23-13(2)25)20(26)27-11-14-5-6-16-9-19(14)21(16,3)4/h5,7-8,10,16,19H,6,9,11H2,1-4H3,(H,22,24)(H,23,25)/t16-,19-/m0/s1. The number of carbonyl (C=O) groups excluding carboxylic acids is 3. The third kappa shape index (κ3) is 4.04. The zero-order valence-electron chi connectivity index (χ0n) is 16.2. The number of nitrogens with one attached hydrogen (secondary N) is 2. The summed E-state index contributed by atoms with van der Waals surface area (Å²) in [7, 11) is 0. The monoisotopic (exact) mass is 370 g/mol. The molecule has 0 saturated heterocycles. The van der Waals surface area contributed by atoms with Crippen LogP contribution >= 0.6 is 0 Å². The van der Waals surface area contributed by atoms with Gasteiger partial charge in [-0.05, 0) is 53.9 Å². The van der Waals surface area contributed by atoms with Crippen LogP contribution in [0.3, 0.4) is 0 Å². The van der Waals surface area contributed by atoms with Gasteiger partial charge in [0, 0.05) is 25.2 Å². The highest BCUT2D eigenvalue weighted by molar-refractivity contribution is 5.97. The van der Waals surface area contributed by atoms with Gasteiger partial charge in [0.15, 0.2) is 0 Å². The van der Waals surface area contributed by atoms with Crippen molar-refractivity contribution in [1.82, 2.24) is 0 Å². The Labute approximate surface area is 159 Å². The lowest BCUT2D eigenvalue weighted by Gasteiger charge is -2.56. The van der Waals surface area contributed by atoms with Crippen LogP contribution in [-0.2, 0) is 14.3 Å². The van der Waals surface area contributed by atoms with E-state index in [1.807, 2.05) is 0 Å². The summed E-state index contributed by atoms with van der Waals surface area (Å²) in [6.07, 6.45) is 4.41. The number of allylic oxidation sites excluding steroid dienone is 1. The lowest BCUT2D eigenvalue weighted by molar-refractivity contribution is -0.115. The van der Waals surface area contributed by atoms with Gasteiger partial charge in [0.1, 0.15) is 6.61 Å². The van der Waals surface area contributed by atoms with E-state index in [1.165, 1.54) is 25.8 Å². The summed E-state index contributed by atoms with van der Waals surface area (Å²) in [6.45, 7) is 7.59. The van der Waals surface area contributed by atoms with Crippen molar-refractivity contribution in [2.75, 3.05) is 17.2 Å². The molecule has 0 radical (unpaired) electrons. The van der Waals surface area contributed by atoms with Crippen molar-refractivity contribution < 1.29 is 19.1 Å². The number of ether oxygens (including phenoxy) is 1. The first-order chi connectivity index (χ1) is 12.7. The summed E-state index contributed by atoms with van der Waals surface area (Å²) in [5.41, 5.74) is 2.62. The van der Waals surface area contributed by atoms with Gasteiger partial charge < -0.3 is 15.4 Å². The number of amides is 2. The molecule has 0 heterocycles. The average Bonchev–Trinajstić information content (AvgIpc) is 2.58. The molecule has 2 amide bonds. The smallest absolute Gasteiger partial charge is 0.338 e. The first-order valence-corrected chi connectivity index (χ1v) is 9.23. The van der Waals surface area contributed by atoms with Crippen molar-refractivity contribution in [1.29, 1.82) is 0 Å². The van der Waals surface area contributed by atoms with Gasteiger partial charge >= 0.3 is 5.97 Å². The summed E-state index contributed by atoms with van der Waals surface area (Å²) < 4.78 is 5.54. The van der Waals surface area contributed by atoms with Crippen LogP contribution in [0.1, 0.15) is 50.9 Å². The topological polar surface area (TPSA) is 84.5 Å². The number of hydrogen-bond acceptors (Lipinski definition) is 4. The molecule has 1 aromatic rings. The predicted octanol–water partition coefficient (Wildman–Crippen LogP) is 3.75. The quantitative estimate of drug-likeness (QED) is 0.611. The molecule has 2 N–H and O–H groups in total. The van der Waals surface area contributed by atoms with Crippen molar-refractivity contribution in [2.24, 2.45) is 17.3 Å². The van der Waals surface area contributed by atoms with E-state index in [2.05, 4.69) is 30.6 Å². The molecule has 0 spiro atoms. The van der Waals surface area contributed by atoms with Crippen LogP contribution in [0.2, 0.25) is 0 Å². The van der Waals surface area contributed by atoms with E-state index in [1.54, 1.807) is 18.2 Å². The van der Waals surface area contributed by atoms with E-state index >= 15 is 0 Å². The van der Waals surface area contributed by atoms with Gasteiger partial charge in [0.2, 0.25) is 11.8 Å². The zero-order valence-corrected chi connectivity index (χ0v) is 16.2. The highest BCUT2D eigenvalue weighted by Crippen LogP contribution is 2.59. The zero-order chi connectivity index (χ0) is 19.8. The van der Waals surface area contributed by atoms with Crippen molar-refractivity contribution in [3.8, 4) is 0 Å². The Balaban J connectivity index is 1.72. The SMILES string of the molecule is CC(=O)Nc1cc(NC(C)=O)cc(C(=O)OCC2=CC[C@H]3C[C@@H]2C3(C)C)c1. The Hall–Kier alpha value is -2.63. The normalized spacial score (nSPS) is 22.1. The fraction of sp³-hybridized carbons (Fsp3) is 0.476. The highest BCUT2D eigenvalue weighted by atomic mass is 16.5. The second kappa shape index (κ2) is 7.18. The van der Waals surface area contributed by atoms with E-state index < -0.39 is 5.97 Å². The fourth-order valence-electron chi connectivity index (χ4n) is 4.17. The van der Waals surface area contributed by atoms with Gasteiger partial charge in [0.25, 0.3) is 0 Å². The van der Waals surface area contributed by atoms with Crippen LogP contribution in [0.5, 0.6) is 0 Å². The first-order valence-electron chi connectivity index (χ1n) is 9.23. The Bertz CT molecular complexity index is 791. The second-order valence-electron chi connectivity index (χ2n) is 8.06. The molecule has 4 rings (SSSR count). The number of rotatable bonds is 5. The Kier molecular flexibility index (Phi) is 5.09. The van der Waals surface area contributed by atoms with Crippen LogP contribution < -0.4 is 10.6 Å². The number of fused-ring (bicyclic) bond motifs is 1. The van der Waals surface area contributed by atoms with Crippen molar-refractivity contribution in [3.63, 3.8) is 0 Å². The molecule has 0 aliphatic heterocycles. The van der Waals surface area contributed by atoms with E-state index in [0.29, 0.717) is 17.3 Å². The fourth-order valence-corrected chi connectivity index (χ4v) is 4.17. The molecule has 0 unspecified atom stereocenters. The molecular formula is C21H26N2O4. The number of hydrogen-bond donors (Lipinski definition) is 2. The van der Waals surface area contributed by atoms with Gasteiger partial charge in [-0.2, -0.15) is 0 Å². The lowest BCUT2D eigenvalue weighted by Crippen LogP contribution is -2.48. The number of esters is 1. The van der Waals surface area contributed by atoms with E-state index in [-0.39, 0.29) is 29.4 Å². The minimum absolute atomic E-state index is 0.261. The Morgan fingerprint density at radius 1 is 1.07 bits per heavy atom. The van der Waals surface area contributed by atoms with Gasteiger partial charge in [-0.15, -0.1) is 0 Å². The minimum atomic E-state index is -0.478. The molecule has 1 fully saturated rings. The summed E-state index contributed by atoms with van der Waals surface area (Å²) >= 11 is 0. The molecule has 3 aliphatic rings. The molecule has 3 aliphatic carbocycles. The summed E-state index contributed by atoms with van der Waals surface area (Å²) in [6, 6.07) is 4.70. The van der Waals surface area contributed by atoms with Gasteiger partial charge in [-0.3, -0.25) is 9.59 Å². The predicted molar refractivity (Wildman–Crippen MR) is 103 cm³/mol. The summed E-state index contributed by atoms with van der Waals surface area (Å²) in [5, 5.41) is 5.27. The van der Waals surface area contributed by atoms with Crippen LogP contribution in [0.15, 0.2) is 29.8 Å². The largest absolute Gasteiger partial charge is 0.458 e. The molecule has 6 nitrogen and oxygen atoms in total. The van der Waals surface area contributed by atoms with Crippen LogP contribution in [-0.4, -0.2) is 24.4 Å². The summed E-state index contributed by atoms with van der Waals surface area (Å²) in [4.78, 5) is 35.2. The highest BCUT2D eigenvalue weighted by Gasteiger charge is 2.51. The summed E-state index contributed by atoms with van der Waals surface area (Å²) in [5.74, 6) is 0.210. The van der Waals surface area contributed by atoms with Gasteiger partial charge in [-0.25, -0.2) is 4.79 Å². The van der Waals surface area contributed by atoms with Gasteiger partial charge in [0.05, 0.1) is 5.56 Å². The maximum absolute atomic E-state index is 12.6. The molecule has 144 valence electrons. The molecule has 0 aromatic heterocycles.